The standard InChI is InChI=1S/C16H13N3O3S/c1-22-12-7-5-11(6-8-12)18-14(20)10-15(21)19(16(18)23)13-4-2-3-9-17-13/h2-9H,10H2,1H3. The Kier molecular flexibility index (Phi) is 4.03. The number of anilines is 2. The van der Waals surface area contributed by atoms with Gasteiger partial charge in [-0.1, -0.05) is 6.07 Å². The summed E-state index contributed by atoms with van der Waals surface area (Å²) in [7, 11) is 1.56. The van der Waals surface area contributed by atoms with Crippen molar-refractivity contribution in [3.8, 4) is 5.75 Å². The molecule has 0 radical (unpaired) electrons. The molecule has 0 aliphatic carbocycles. The van der Waals surface area contributed by atoms with Crippen LogP contribution in [0.5, 0.6) is 5.75 Å². The number of carbonyl (C=O) groups excluding carboxylic acids is 2. The molecule has 23 heavy (non-hydrogen) atoms. The number of amides is 2. The zero-order valence-corrected chi connectivity index (χ0v) is 13.1. The summed E-state index contributed by atoms with van der Waals surface area (Å²) in [5.74, 6) is 0.316. The maximum atomic E-state index is 12.3. The lowest BCUT2D eigenvalue weighted by Gasteiger charge is -2.34. The molecule has 0 atom stereocenters. The summed E-state index contributed by atoms with van der Waals surface area (Å²) in [4.78, 5) is 31.3. The first kappa shape index (κ1) is 15.1. The molecule has 116 valence electrons. The Bertz CT molecular complexity index is 762. The van der Waals surface area contributed by atoms with E-state index in [2.05, 4.69) is 4.98 Å². The van der Waals surface area contributed by atoms with E-state index in [4.69, 9.17) is 17.0 Å². The van der Waals surface area contributed by atoms with Crippen LogP contribution in [0.15, 0.2) is 48.7 Å². The number of thiocarbonyl (C=S) groups is 1. The number of aromatic nitrogens is 1. The molecule has 0 bridgehead atoms. The first-order valence-corrected chi connectivity index (χ1v) is 7.27. The number of benzene rings is 1. The molecule has 2 heterocycles. The van der Waals surface area contributed by atoms with Gasteiger partial charge in [0.2, 0.25) is 11.8 Å². The number of pyridine rings is 1. The van der Waals surface area contributed by atoms with Gasteiger partial charge >= 0.3 is 0 Å². The first-order chi connectivity index (χ1) is 11.1. The normalized spacial score (nSPS) is 15.1. The maximum absolute atomic E-state index is 12.3. The topological polar surface area (TPSA) is 62.7 Å². The van der Waals surface area contributed by atoms with Crippen molar-refractivity contribution in [1.82, 2.24) is 4.98 Å². The van der Waals surface area contributed by atoms with E-state index in [1.54, 1.807) is 55.8 Å². The Morgan fingerprint density at radius 1 is 1.04 bits per heavy atom. The van der Waals surface area contributed by atoms with Crippen LogP contribution in [-0.2, 0) is 9.59 Å². The minimum atomic E-state index is -0.386. The van der Waals surface area contributed by atoms with Crippen LogP contribution in [0.4, 0.5) is 11.5 Å². The molecule has 0 spiro atoms. The zero-order chi connectivity index (χ0) is 16.4. The highest BCUT2D eigenvalue weighted by Gasteiger charge is 2.37. The number of hydrogen-bond donors (Lipinski definition) is 0. The largest absolute Gasteiger partial charge is 0.497 e. The minimum Gasteiger partial charge on any atom is -0.497 e. The van der Waals surface area contributed by atoms with Gasteiger partial charge in [0.15, 0.2) is 5.11 Å². The molecule has 7 heteroatoms. The van der Waals surface area contributed by atoms with E-state index in [1.807, 2.05) is 0 Å². The van der Waals surface area contributed by atoms with Crippen molar-refractivity contribution >= 4 is 40.6 Å². The van der Waals surface area contributed by atoms with Crippen molar-refractivity contribution in [3.63, 3.8) is 0 Å². The van der Waals surface area contributed by atoms with Crippen LogP contribution in [0, 0.1) is 0 Å². The number of hydrogen-bond acceptors (Lipinski definition) is 5. The lowest BCUT2D eigenvalue weighted by molar-refractivity contribution is -0.126. The van der Waals surface area contributed by atoms with Crippen molar-refractivity contribution in [2.24, 2.45) is 0 Å². The number of nitrogens with zero attached hydrogens (tertiary/aromatic N) is 3. The van der Waals surface area contributed by atoms with Gasteiger partial charge in [-0.25, -0.2) is 9.88 Å². The highest BCUT2D eigenvalue weighted by Crippen LogP contribution is 2.26. The molecule has 0 unspecified atom stereocenters. The second-order valence-corrected chi connectivity index (χ2v) is 5.17. The van der Waals surface area contributed by atoms with Crippen molar-refractivity contribution in [1.29, 1.82) is 0 Å². The summed E-state index contributed by atoms with van der Waals surface area (Å²) in [6.07, 6.45) is 1.31. The maximum Gasteiger partial charge on any atom is 0.244 e. The fraction of sp³-hybridized carbons (Fsp3) is 0.125. The van der Waals surface area contributed by atoms with Gasteiger partial charge in [0, 0.05) is 6.20 Å². The third-order valence-electron chi connectivity index (χ3n) is 3.39. The predicted octanol–water partition coefficient (Wildman–Crippen LogP) is 2.14. The Hall–Kier alpha value is -2.80. The fourth-order valence-corrected chi connectivity index (χ4v) is 2.70. The highest BCUT2D eigenvalue weighted by molar-refractivity contribution is 7.81. The van der Waals surface area contributed by atoms with Gasteiger partial charge in [0.1, 0.15) is 18.0 Å². The van der Waals surface area contributed by atoms with E-state index in [0.29, 0.717) is 17.3 Å². The van der Waals surface area contributed by atoms with Crippen LogP contribution in [0.3, 0.4) is 0 Å². The number of rotatable bonds is 3. The molecule has 1 aromatic carbocycles. The number of methoxy groups -OCH3 is 1. The second kappa shape index (κ2) is 6.13. The van der Waals surface area contributed by atoms with Gasteiger partial charge in [-0.2, -0.15) is 0 Å². The predicted molar refractivity (Wildman–Crippen MR) is 89.4 cm³/mol. The Morgan fingerprint density at radius 2 is 1.74 bits per heavy atom. The summed E-state index contributed by atoms with van der Waals surface area (Å²) in [6, 6.07) is 12.1. The zero-order valence-electron chi connectivity index (χ0n) is 12.3. The molecule has 1 aliphatic rings. The van der Waals surface area contributed by atoms with Gasteiger partial charge in [0.25, 0.3) is 0 Å². The third kappa shape index (κ3) is 2.78. The summed E-state index contributed by atoms with van der Waals surface area (Å²) < 4.78 is 5.11. The average molecular weight is 327 g/mol. The van der Waals surface area contributed by atoms with E-state index in [-0.39, 0.29) is 23.3 Å². The Morgan fingerprint density at radius 3 is 2.35 bits per heavy atom. The smallest absolute Gasteiger partial charge is 0.244 e. The van der Waals surface area contributed by atoms with Crippen LogP contribution >= 0.6 is 12.2 Å². The van der Waals surface area contributed by atoms with Gasteiger partial charge in [-0.3, -0.25) is 14.5 Å². The SMILES string of the molecule is COc1ccc(N2C(=O)CC(=O)N(c3ccccn3)C2=S)cc1. The molecule has 3 rings (SSSR count). The summed E-state index contributed by atoms with van der Waals surface area (Å²) >= 11 is 5.37. The fourth-order valence-electron chi connectivity index (χ4n) is 2.30. The molecule has 1 saturated heterocycles. The van der Waals surface area contributed by atoms with Gasteiger partial charge in [-0.05, 0) is 48.6 Å². The molecule has 1 fully saturated rings. The molecule has 0 N–H and O–H groups in total. The number of ether oxygens (including phenoxy) is 1. The lowest BCUT2D eigenvalue weighted by Crippen LogP contribution is -2.55. The van der Waals surface area contributed by atoms with Gasteiger partial charge < -0.3 is 4.74 Å². The molecular formula is C16H13N3O3S. The molecule has 2 aromatic rings. The van der Waals surface area contributed by atoms with Gasteiger partial charge in [-0.15, -0.1) is 0 Å². The molecular weight excluding hydrogens is 314 g/mol. The van der Waals surface area contributed by atoms with Crippen LogP contribution in [-0.4, -0.2) is 29.0 Å². The summed E-state index contributed by atoms with van der Waals surface area (Å²) in [5.41, 5.74) is 0.578. The van der Waals surface area contributed by atoms with Crippen molar-refractivity contribution < 1.29 is 14.3 Å². The second-order valence-electron chi connectivity index (χ2n) is 4.80. The highest BCUT2D eigenvalue weighted by atomic mass is 32.1. The first-order valence-electron chi connectivity index (χ1n) is 6.87. The molecule has 6 nitrogen and oxygen atoms in total. The summed E-state index contributed by atoms with van der Waals surface area (Å²) in [6.45, 7) is 0. The summed E-state index contributed by atoms with van der Waals surface area (Å²) in [5, 5.41) is 0.0927. The van der Waals surface area contributed by atoms with Gasteiger partial charge in [0.05, 0.1) is 12.8 Å². The molecule has 0 saturated carbocycles. The quantitative estimate of drug-likeness (QED) is 0.638. The third-order valence-corrected chi connectivity index (χ3v) is 3.76. The van der Waals surface area contributed by atoms with E-state index in [1.165, 1.54) is 9.80 Å². The van der Waals surface area contributed by atoms with Crippen LogP contribution in [0.25, 0.3) is 0 Å². The molecule has 2 amide bonds. The van der Waals surface area contributed by atoms with E-state index < -0.39 is 0 Å². The lowest BCUT2D eigenvalue weighted by atomic mass is 10.2. The average Bonchev–Trinajstić information content (AvgIpc) is 2.56. The number of carbonyl (C=O) groups is 2. The van der Waals surface area contributed by atoms with Crippen LogP contribution < -0.4 is 14.5 Å². The van der Waals surface area contributed by atoms with Crippen LogP contribution in [0.2, 0.25) is 0 Å². The van der Waals surface area contributed by atoms with E-state index in [0.717, 1.165) is 0 Å². The Balaban J connectivity index is 1.98. The van der Waals surface area contributed by atoms with Crippen molar-refractivity contribution in [2.75, 3.05) is 16.9 Å². The minimum absolute atomic E-state index is 0.0927. The van der Waals surface area contributed by atoms with Crippen molar-refractivity contribution in [3.05, 3.63) is 48.7 Å². The molecule has 1 aromatic heterocycles. The Labute approximate surface area is 138 Å². The van der Waals surface area contributed by atoms with Crippen molar-refractivity contribution in [2.45, 2.75) is 6.42 Å². The monoisotopic (exact) mass is 327 g/mol. The molecule has 1 aliphatic heterocycles. The van der Waals surface area contributed by atoms with E-state index >= 15 is 0 Å². The van der Waals surface area contributed by atoms with Crippen LogP contribution in [0.1, 0.15) is 6.42 Å². The van der Waals surface area contributed by atoms with E-state index in [9.17, 15) is 9.59 Å².